The Bertz CT molecular complexity index is 768. The maximum absolute atomic E-state index is 9.16. The monoisotopic (exact) mass is 236 g/mol. The SMILES string of the molecule is N#Cc1cc(-n2cnc(N)n2)nc2ccccc12. The highest BCUT2D eigenvalue weighted by atomic mass is 15.4. The van der Waals surface area contributed by atoms with Gasteiger partial charge in [-0.25, -0.2) is 14.6 Å². The third-order valence-electron chi connectivity index (χ3n) is 2.57. The Kier molecular flexibility index (Phi) is 2.17. The normalized spacial score (nSPS) is 10.4. The van der Waals surface area contributed by atoms with Crippen molar-refractivity contribution in [2.24, 2.45) is 0 Å². The van der Waals surface area contributed by atoms with Gasteiger partial charge in [0.05, 0.1) is 17.1 Å². The van der Waals surface area contributed by atoms with Crippen molar-refractivity contribution in [3.8, 4) is 11.9 Å². The Balaban J connectivity index is 2.29. The van der Waals surface area contributed by atoms with Crippen LogP contribution in [0.3, 0.4) is 0 Å². The summed E-state index contributed by atoms with van der Waals surface area (Å²) in [5.41, 5.74) is 6.75. The van der Waals surface area contributed by atoms with Gasteiger partial charge in [0.2, 0.25) is 5.95 Å². The van der Waals surface area contributed by atoms with E-state index < -0.39 is 0 Å². The second-order valence-electron chi connectivity index (χ2n) is 3.70. The predicted octanol–water partition coefficient (Wildman–Crippen LogP) is 1.27. The van der Waals surface area contributed by atoms with Crippen LogP contribution in [0.25, 0.3) is 16.7 Å². The number of nitrogen functional groups attached to an aromatic ring is 1. The van der Waals surface area contributed by atoms with Crippen LogP contribution in [0, 0.1) is 11.3 Å². The molecule has 0 saturated carbocycles. The number of hydrogen-bond donors (Lipinski definition) is 1. The molecule has 0 spiro atoms. The predicted molar refractivity (Wildman–Crippen MR) is 65.8 cm³/mol. The number of benzene rings is 1. The zero-order valence-electron chi connectivity index (χ0n) is 9.28. The zero-order chi connectivity index (χ0) is 12.5. The van der Waals surface area contributed by atoms with E-state index in [1.54, 1.807) is 6.07 Å². The first-order valence-electron chi connectivity index (χ1n) is 5.25. The minimum atomic E-state index is 0.170. The maximum atomic E-state index is 9.16. The van der Waals surface area contributed by atoms with E-state index in [-0.39, 0.29) is 5.95 Å². The first-order valence-corrected chi connectivity index (χ1v) is 5.25. The Morgan fingerprint density at radius 2 is 2.11 bits per heavy atom. The molecule has 0 fully saturated rings. The van der Waals surface area contributed by atoms with Crippen LogP contribution in [-0.2, 0) is 0 Å². The lowest BCUT2D eigenvalue weighted by Gasteiger charge is -2.04. The minimum Gasteiger partial charge on any atom is -0.366 e. The average molecular weight is 236 g/mol. The molecule has 0 amide bonds. The lowest BCUT2D eigenvalue weighted by molar-refractivity contribution is 0.854. The van der Waals surface area contributed by atoms with Gasteiger partial charge in [0.1, 0.15) is 6.33 Å². The molecule has 0 radical (unpaired) electrons. The fourth-order valence-electron chi connectivity index (χ4n) is 1.76. The number of aromatic nitrogens is 4. The fraction of sp³-hybridized carbons (Fsp3) is 0. The van der Waals surface area contributed by atoms with E-state index in [2.05, 4.69) is 21.1 Å². The highest BCUT2D eigenvalue weighted by Gasteiger charge is 2.07. The lowest BCUT2D eigenvalue weighted by Crippen LogP contribution is -2.00. The van der Waals surface area contributed by atoms with E-state index in [4.69, 9.17) is 11.0 Å². The number of anilines is 1. The van der Waals surface area contributed by atoms with Gasteiger partial charge in [-0.2, -0.15) is 5.26 Å². The topological polar surface area (TPSA) is 93.4 Å². The van der Waals surface area contributed by atoms with E-state index in [1.807, 2.05) is 24.3 Å². The summed E-state index contributed by atoms with van der Waals surface area (Å²) in [7, 11) is 0. The van der Waals surface area contributed by atoms with E-state index in [0.29, 0.717) is 11.4 Å². The van der Waals surface area contributed by atoms with Gasteiger partial charge in [-0.1, -0.05) is 18.2 Å². The van der Waals surface area contributed by atoms with Crippen LogP contribution < -0.4 is 5.73 Å². The Morgan fingerprint density at radius 1 is 1.28 bits per heavy atom. The zero-order valence-corrected chi connectivity index (χ0v) is 9.28. The second-order valence-corrected chi connectivity index (χ2v) is 3.70. The number of nitriles is 1. The van der Waals surface area contributed by atoms with Crippen molar-refractivity contribution in [2.45, 2.75) is 0 Å². The number of para-hydroxylation sites is 1. The Hall–Kier alpha value is -2.94. The van der Waals surface area contributed by atoms with Crippen molar-refractivity contribution in [1.82, 2.24) is 19.7 Å². The summed E-state index contributed by atoms with van der Waals surface area (Å²) < 4.78 is 1.45. The van der Waals surface area contributed by atoms with Crippen molar-refractivity contribution in [1.29, 1.82) is 5.26 Å². The van der Waals surface area contributed by atoms with Crippen LogP contribution in [0.2, 0.25) is 0 Å². The number of nitrogens with two attached hydrogens (primary N) is 1. The first-order chi connectivity index (χ1) is 8.78. The molecule has 0 aliphatic rings. The van der Waals surface area contributed by atoms with Gasteiger partial charge in [0.25, 0.3) is 0 Å². The molecule has 0 unspecified atom stereocenters. The summed E-state index contributed by atoms with van der Waals surface area (Å²) in [4.78, 5) is 8.26. The van der Waals surface area contributed by atoms with Crippen molar-refractivity contribution >= 4 is 16.9 Å². The average Bonchev–Trinajstić information content (AvgIpc) is 2.84. The van der Waals surface area contributed by atoms with Crippen LogP contribution in [-0.4, -0.2) is 19.7 Å². The molecule has 6 heteroatoms. The van der Waals surface area contributed by atoms with Gasteiger partial charge >= 0.3 is 0 Å². The molecule has 0 aliphatic heterocycles. The number of hydrogen-bond acceptors (Lipinski definition) is 5. The molecule has 3 aromatic rings. The van der Waals surface area contributed by atoms with Gasteiger partial charge < -0.3 is 5.73 Å². The van der Waals surface area contributed by atoms with Crippen LogP contribution >= 0.6 is 0 Å². The summed E-state index contributed by atoms with van der Waals surface area (Å²) >= 11 is 0. The molecule has 0 saturated heterocycles. The standard InChI is InChI=1S/C12H8N6/c13-6-8-5-11(18-7-15-12(14)17-18)16-10-4-2-1-3-9(8)10/h1-5,7H,(H2,14,17). The van der Waals surface area contributed by atoms with Crippen molar-refractivity contribution in [2.75, 3.05) is 5.73 Å². The maximum Gasteiger partial charge on any atom is 0.239 e. The van der Waals surface area contributed by atoms with Crippen LogP contribution in [0.15, 0.2) is 36.7 Å². The Morgan fingerprint density at radius 3 is 2.83 bits per heavy atom. The molecule has 0 aliphatic carbocycles. The summed E-state index contributed by atoms with van der Waals surface area (Å²) in [6.45, 7) is 0. The van der Waals surface area contributed by atoms with E-state index in [9.17, 15) is 0 Å². The number of fused-ring (bicyclic) bond motifs is 1. The Labute approximate surface area is 102 Å². The van der Waals surface area contributed by atoms with Crippen LogP contribution in [0.4, 0.5) is 5.95 Å². The molecular formula is C12H8N6. The minimum absolute atomic E-state index is 0.170. The van der Waals surface area contributed by atoms with Gasteiger partial charge in [0.15, 0.2) is 5.82 Å². The number of nitrogens with zero attached hydrogens (tertiary/aromatic N) is 5. The smallest absolute Gasteiger partial charge is 0.239 e. The molecule has 0 atom stereocenters. The quantitative estimate of drug-likeness (QED) is 0.686. The highest BCUT2D eigenvalue weighted by Crippen LogP contribution is 2.19. The van der Waals surface area contributed by atoms with Crippen LogP contribution in [0.1, 0.15) is 5.56 Å². The van der Waals surface area contributed by atoms with E-state index in [1.165, 1.54) is 11.0 Å². The molecule has 2 aromatic heterocycles. The lowest BCUT2D eigenvalue weighted by atomic mass is 10.1. The van der Waals surface area contributed by atoms with E-state index >= 15 is 0 Å². The third kappa shape index (κ3) is 1.55. The summed E-state index contributed by atoms with van der Waals surface area (Å²) in [5, 5.41) is 14.0. The van der Waals surface area contributed by atoms with Crippen molar-refractivity contribution in [3.63, 3.8) is 0 Å². The van der Waals surface area contributed by atoms with Gasteiger partial charge in [0, 0.05) is 11.5 Å². The molecule has 2 heterocycles. The largest absolute Gasteiger partial charge is 0.366 e. The molecular weight excluding hydrogens is 228 g/mol. The molecule has 86 valence electrons. The number of rotatable bonds is 1. The van der Waals surface area contributed by atoms with Gasteiger partial charge in [-0.15, -0.1) is 5.10 Å². The molecule has 2 N–H and O–H groups in total. The van der Waals surface area contributed by atoms with Crippen molar-refractivity contribution < 1.29 is 0 Å². The fourth-order valence-corrected chi connectivity index (χ4v) is 1.76. The molecule has 1 aromatic carbocycles. The summed E-state index contributed by atoms with van der Waals surface area (Å²) in [6, 6.07) is 11.3. The highest BCUT2D eigenvalue weighted by molar-refractivity contribution is 5.85. The van der Waals surface area contributed by atoms with Crippen molar-refractivity contribution in [3.05, 3.63) is 42.2 Å². The van der Waals surface area contributed by atoms with Gasteiger partial charge in [-0.05, 0) is 6.07 Å². The molecule has 0 bridgehead atoms. The second kappa shape index (κ2) is 3.82. The molecule has 18 heavy (non-hydrogen) atoms. The first kappa shape index (κ1) is 10.2. The summed E-state index contributed by atoms with van der Waals surface area (Å²) in [5.74, 6) is 0.693. The number of pyridine rings is 1. The summed E-state index contributed by atoms with van der Waals surface area (Å²) in [6.07, 6.45) is 1.47. The molecule has 6 nitrogen and oxygen atoms in total. The van der Waals surface area contributed by atoms with Crippen LogP contribution in [0.5, 0.6) is 0 Å². The van der Waals surface area contributed by atoms with Gasteiger partial charge in [-0.3, -0.25) is 0 Å². The van der Waals surface area contributed by atoms with E-state index in [0.717, 1.165) is 10.9 Å². The molecule has 3 rings (SSSR count). The third-order valence-corrected chi connectivity index (χ3v) is 2.57.